The Bertz CT molecular complexity index is 638. The highest BCUT2D eigenvalue weighted by atomic mass is 16.5. The summed E-state index contributed by atoms with van der Waals surface area (Å²) in [6.45, 7) is 1.64. The van der Waals surface area contributed by atoms with Crippen LogP contribution in [0.4, 0.5) is 0 Å². The highest BCUT2D eigenvalue weighted by Crippen LogP contribution is 2.28. The molecule has 0 aliphatic heterocycles. The molecule has 20 heavy (non-hydrogen) atoms. The van der Waals surface area contributed by atoms with E-state index < -0.39 is 5.97 Å². The van der Waals surface area contributed by atoms with Crippen LogP contribution in [-0.4, -0.2) is 26.0 Å². The highest BCUT2D eigenvalue weighted by molar-refractivity contribution is 6.35. The average molecular weight is 268 g/mol. The summed E-state index contributed by atoms with van der Waals surface area (Å²) in [6.07, 6.45) is 0. The molecule has 0 aromatic heterocycles. The molecule has 2 aromatic carbocycles. The minimum absolute atomic E-state index is 0.0416. The van der Waals surface area contributed by atoms with Gasteiger partial charge in [-0.1, -0.05) is 23.7 Å². The summed E-state index contributed by atoms with van der Waals surface area (Å²) in [4.78, 5) is 12.2. The molecule has 5 heteroatoms. The van der Waals surface area contributed by atoms with E-state index in [9.17, 15) is 9.90 Å². The van der Waals surface area contributed by atoms with Crippen molar-refractivity contribution < 1.29 is 19.4 Å². The molecule has 2 radical (unpaired) electrons. The van der Waals surface area contributed by atoms with Gasteiger partial charge < -0.3 is 14.6 Å². The second-order valence-corrected chi connectivity index (χ2v) is 4.22. The molecule has 0 bridgehead atoms. The number of phenolic OH excluding ortho intramolecular Hbond substituents is 1. The SMILES string of the molecule is [B]c1cc(O)c(C(=O)Oc2ccccc2)c(C)c1OC. The third kappa shape index (κ3) is 2.61. The van der Waals surface area contributed by atoms with Gasteiger partial charge in [0.1, 0.15) is 30.7 Å². The summed E-state index contributed by atoms with van der Waals surface area (Å²) in [7, 11) is 7.16. The Hall–Kier alpha value is -2.43. The first-order valence-electron chi connectivity index (χ1n) is 5.98. The van der Waals surface area contributed by atoms with Crippen molar-refractivity contribution in [3.8, 4) is 17.2 Å². The van der Waals surface area contributed by atoms with Gasteiger partial charge in [-0.3, -0.25) is 0 Å². The molecule has 100 valence electrons. The predicted octanol–water partition coefficient (Wildman–Crippen LogP) is 1.72. The Morgan fingerprint density at radius 2 is 1.90 bits per heavy atom. The van der Waals surface area contributed by atoms with Gasteiger partial charge in [0, 0.05) is 5.56 Å². The van der Waals surface area contributed by atoms with Crippen LogP contribution in [0.25, 0.3) is 0 Å². The standard InChI is InChI=1S/C15H13BO4/c1-9-13(12(17)8-11(16)14(9)19-2)15(18)20-10-6-4-3-5-7-10/h3-8,17H,1-2H3. The number of para-hydroxylation sites is 1. The van der Waals surface area contributed by atoms with Crippen molar-refractivity contribution in [1.29, 1.82) is 0 Å². The molecule has 0 saturated heterocycles. The molecule has 0 fully saturated rings. The van der Waals surface area contributed by atoms with Crippen molar-refractivity contribution in [1.82, 2.24) is 0 Å². The molecule has 0 saturated carbocycles. The van der Waals surface area contributed by atoms with Crippen molar-refractivity contribution in [2.24, 2.45) is 0 Å². The number of carbonyl (C=O) groups is 1. The van der Waals surface area contributed by atoms with Crippen LogP contribution in [0.15, 0.2) is 36.4 Å². The fourth-order valence-corrected chi connectivity index (χ4v) is 1.98. The molecule has 0 amide bonds. The topological polar surface area (TPSA) is 55.8 Å². The van der Waals surface area contributed by atoms with E-state index in [0.29, 0.717) is 17.1 Å². The second-order valence-electron chi connectivity index (χ2n) is 4.22. The lowest BCUT2D eigenvalue weighted by molar-refractivity contribution is 0.0730. The lowest BCUT2D eigenvalue weighted by Crippen LogP contribution is -2.16. The second kappa shape index (κ2) is 5.69. The number of aromatic hydroxyl groups is 1. The van der Waals surface area contributed by atoms with Gasteiger partial charge >= 0.3 is 5.97 Å². The molecule has 0 aliphatic rings. The molecular weight excluding hydrogens is 255 g/mol. The molecule has 2 rings (SSSR count). The normalized spacial score (nSPS) is 10.1. The zero-order valence-electron chi connectivity index (χ0n) is 11.2. The van der Waals surface area contributed by atoms with Crippen LogP contribution >= 0.6 is 0 Å². The zero-order valence-corrected chi connectivity index (χ0v) is 11.2. The number of benzene rings is 2. The fraction of sp³-hybridized carbons (Fsp3) is 0.133. The monoisotopic (exact) mass is 268 g/mol. The summed E-state index contributed by atoms with van der Waals surface area (Å²) >= 11 is 0. The Morgan fingerprint density at radius 3 is 2.50 bits per heavy atom. The van der Waals surface area contributed by atoms with Crippen molar-refractivity contribution in [3.05, 3.63) is 47.5 Å². The summed E-state index contributed by atoms with van der Waals surface area (Å²) in [6, 6.07) is 9.88. The number of rotatable bonds is 3. The van der Waals surface area contributed by atoms with Crippen LogP contribution in [-0.2, 0) is 0 Å². The lowest BCUT2D eigenvalue weighted by atomic mass is 9.90. The smallest absolute Gasteiger partial charge is 0.347 e. The maximum Gasteiger partial charge on any atom is 0.347 e. The van der Waals surface area contributed by atoms with Crippen LogP contribution in [0, 0.1) is 6.92 Å². The Kier molecular flexibility index (Phi) is 3.98. The van der Waals surface area contributed by atoms with Gasteiger partial charge in [-0.15, -0.1) is 0 Å². The van der Waals surface area contributed by atoms with Crippen LogP contribution in [0.5, 0.6) is 17.2 Å². The lowest BCUT2D eigenvalue weighted by Gasteiger charge is -2.14. The van der Waals surface area contributed by atoms with Crippen LogP contribution < -0.4 is 14.9 Å². The third-order valence-corrected chi connectivity index (χ3v) is 2.89. The van der Waals surface area contributed by atoms with Gasteiger partial charge in [-0.05, 0) is 25.1 Å². The van der Waals surface area contributed by atoms with Gasteiger partial charge in [0.15, 0.2) is 0 Å². The summed E-state index contributed by atoms with van der Waals surface area (Å²) in [5.74, 6) is -0.152. The number of hydrogen-bond donors (Lipinski definition) is 1. The summed E-state index contributed by atoms with van der Waals surface area (Å²) in [5.41, 5.74) is 0.740. The number of esters is 1. The average Bonchev–Trinajstić information content (AvgIpc) is 2.39. The predicted molar refractivity (Wildman–Crippen MR) is 76.2 cm³/mol. The van der Waals surface area contributed by atoms with E-state index >= 15 is 0 Å². The van der Waals surface area contributed by atoms with Gasteiger partial charge in [0.05, 0.1) is 7.11 Å². The minimum atomic E-state index is -0.662. The number of phenols is 1. The fourth-order valence-electron chi connectivity index (χ4n) is 1.98. The molecule has 0 unspecified atom stereocenters. The summed E-state index contributed by atoms with van der Waals surface area (Å²) < 4.78 is 10.3. The molecule has 0 spiro atoms. The van der Waals surface area contributed by atoms with E-state index in [1.807, 2.05) is 6.07 Å². The molecule has 0 atom stereocenters. The quantitative estimate of drug-likeness (QED) is 0.523. The maximum absolute atomic E-state index is 12.2. The van der Waals surface area contributed by atoms with Gasteiger partial charge in [-0.25, -0.2) is 4.79 Å². The zero-order chi connectivity index (χ0) is 14.7. The first-order valence-corrected chi connectivity index (χ1v) is 5.98. The Morgan fingerprint density at radius 1 is 1.25 bits per heavy atom. The number of hydrogen-bond acceptors (Lipinski definition) is 4. The first-order chi connectivity index (χ1) is 9.54. The number of carbonyl (C=O) groups excluding carboxylic acids is 1. The van der Waals surface area contributed by atoms with Gasteiger partial charge in [0.2, 0.25) is 0 Å². The molecule has 0 heterocycles. The van der Waals surface area contributed by atoms with E-state index in [4.69, 9.17) is 17.3 Å². The van der Waals surface area contributed by atoms with Crippen molar-refractivity contribution in [2.75, 3.05) is 7.11 Å². The van der Waals surface area contributed by atoms with E-state index in [0.717, 1.165) is 0 Å². The number of ether oxygens (including phenoxy) is 2. The van der Waals surface area contributed by atoms with Crippen molar-refractivity contribution in [3.63, 3.8) is 0 Å². The largest absolute Gasteiger partial charge is 0.507 e. The van der Waals surface area contributed by atoms with Crippen molar-refractivity contribution >= 4 is 19.3 Å². The molecule has 2 aromatic rings. The van der Waals surface area contributed by atoms with Gasteiger partial charge in [0.25, 0.3) is 0 Å². The van der Waals surface area contributed by atoms with E-state index in [1.165, 1.54) is 13.2 Å². The van der Waals surface area contributed by atoms with Crippen LogP contribution in [0.3, 0.4) is 0 Å². The Balaban J connectivity index is 2.40. The number of methoxy groups -OCH3 is 1. The van der Waals surface area contributed by atoms with E-state index in [-0.39, 0.29) is 16.8 Å². The first kappa shape index (κ1) is 14.0. The Labute approximate surface area is 118 Å². The van der Waals surface area contributed by atoms with Crippen LogP contribution in [0.2, 0.25) is 0 Å². The minimum Gasteiger partial charge on any atom is -0.507 e. The third-order valence-electron chi connectivity index (χ3n) is 2.89. The van der Waals surface area contributed by atoms with E-state index in [2.05, 4.69) is 0 Å². The van der Waals surface area contributed by atoms with Gasteiger partial charge in [-0.2, -0.15) is 0 Å². The van der Waals surface area contributed by atoms with E-state index in [1.54, 1.807) is 31.2 Å². The molecule has 1 N–H and O–H groups in total. The highest BCUT2D eigenvalue weighted by Gasteiger charge is 2.21. The summed E-state index contributed by atoms with van der Waals surface area (Å²) in [5, 5.41) is 9.90. The molecule has 0 aliphatic carbocycles. The molecule has 4 nitrogen and oxygen atoms in total. The maximum atomic E-state index is 12.2. The molecular formula is C15H13BO4. The van der Waals surface area contributed by atoms with Crippen molar-refractivity contribution in [2.45, 2.75) is 6.92 Å². The van der Waals surface area contributed by atoms with Crippen LogP contribution in [0.1, 0.15) is 15.9 Å².